The fourth-order valence-corrected chi connectivity index (χ4v) is 4.29. The van der Waals surface area contributed by atoms with Crippen molar-refractivity contribution < 1.29 is 52.5 Å². The highest BCUT2D eigenvalue weighted by atomic mass is 16.5. The lowest BCUT2D eigenvalue weighted by Gasteiger charge is -2.22. The summed E-state index contributed by atoms with van der Waals surface area (Å²) in [4.78, 5) is 92.8. The van der Waals surface area contributed by atoms with Gasteiger partial charge in [-0.15, -0.1) is 0 Å². The van der Waals surface area contributed by atoms with E-state index in [2.05, 4.69) is 31.3 Å². The van der Waals surface area contributed by atoms with Crippen LogP contribution in [0.2, 0.25) is 0 Å². The van der Waals surface area contributed by atoms with Crippen molar-refractivity contribution in [2.75, 3.05) is 85.6 Å². The van der Waals surface area contributed by atoms with Crippen LogP contribution < -0.4 is 44.2 Å². The number of carbonyl (C=O) groups excluding carboxylic acids is 7. The molecule has 0 spiro atoms. The number of imide groups is 1. The number of guanidine groups is 2. The van der Waals surface area contributed by atoms with Gasteiger partial charge in [0.05, 0.1) is 45.7 Å². The van der Waals surface area contributed by atoms with Gasteiger partial charge in [-0.1, -0.05) is 0 Å². The van der Waals surface area contributed by atoms with Crippen LogP contribution in [0.1, 0.15) is 32.6 Å². The lowest BCUT2D eigenvalue weighted by atomic mass is 10.1. The average Bonchev–Trinajstić information content (AvgIpc) is 3.41. The lowest BCUT2D eigenvalue weighted by molar-refractivity contribution is -0.141. The van der Waals surface area contributed by atoms with Gasteiger partial charge in [0, 0.05) is 38.3 Å². The summed E-state index contributed by atoms with van der Waals surface area (Å²) in [6.07, 6.45) is 3.50. The van der Waals surface area contributed by atoms with Crippen LogP contribution in [0, 0.1) is 0 Å². The van der Waals surface area contributed by atoms with Gasteiger partial charge in [0.25, 0.3) is 11.8 Å². The second-order valence-corrected chi connectivity index (χ2v) is 11.3. The number of Topliss-reactive ketones (excluding diaryl/α,β-unsaturated/α-hetero) is 1. The molecule has 0 aromatic heterocycles. The van der Waals surface area contributed by atoms with E-state index >= 15 is 0 Å². The zero-order valence-electron chi connectivity index (χ0n) is 30.0. The van der Waals surface area contributed by atoms with E-state index in [0.717, 1.165) is 17.1 Å². The van der Waals surface area contributed by atoms with E-state index in [-0.39, 0.29) is 116 Å². The zero-order valence-corrected chi connectivity index (χ0v) is 30.0. The van der Waals surface area contributed by atoms with Crippen LogP contribution in [0.25, 0.3) is 0 Å². The average molecular weight is 756 g/mol. The number of aliphatic imine (C=N–C) groups is 2. The largest absolute Gasteiger partial charge is 0.377 e. The fraction of sp³-hybridized carbons (Fsp3) is 0.645. The molecule has 1 rings (SSSR count). The molecule has 1 aliphatic heterocycles. The summed E-state index contributed by atoms with van der Waals surface area (Å²) >= 11 is 0. The minimum Gasteiger partial charge on any atom is -0.377 e. The first-order valence-electron chi connectivity index (χ1n) is 16.9. The number of ketones is 1. The van der Waals surface area contributed by atoms with E-state index in [1.165, 1.54) is 6.92 Å². The highest BCUT2D eigenvalue weighted by molar-refractivity contribution is 6.14. The van der Waals surface area contributed by atoms with Crippen LogP contribution in [-0.2, 0) is 52.5 Å². The molecule has 0 aromatic rings. The molecule has 298 valence electrons. The van der Waals surface area contributed by atoms with Gasteiger partial charge in [0.2, 0.25) is 23.6 Å². The smallest absolute Gasteiger partial charge is 0.254 e. The summed E-state index contributed by atoms with van der Waals surface area (Å²) in [6, 6.07) is -1.78. The van der Waals surface area contributed by atoms with Crippen molar-refractivity contribution in [3.05, 3.63) is 12.2 Å². The maximum Gasteiger partial charge on any atom is 0.254 e. The summed E-state index contributed by atoms with van der Waals surface area (Å²) in [5, 5.41) is 10.4. The molecule has 6 amide bonds. The molecule has 0 aromatic carbocycles. The molecular formula is C31H53N11O11. The van der Waals surface area contributed by atoms with Crippen LogP contribution in [0.4, 0.5) is 0 Å². The standard InChI is InChI=1S/C31H53N11O11/c1-21(43)22(4-2-8-38-30(32)33)41-29(49)23(5-3-9-39-31(34)35)40-26(46)20-53-17-15-51-13-11-37-25(45)19-52-16-14-50-12-10-36-24(44)18-42-27(47)6-7-28(42)48/h6-7,22-23H,2-5,8-20H2,1H3,(H,36,44)(H,37,45)(H,40,46)(H,41,49)(H4,32,33,38)(H4,34,35,39)/t22-,23-/m0/s1. The Morgan fingerprint density at radius 2 is 1.13 bits per heavy atom. The summed E-state index contributed by atoms with van der Waals surface area (Å²) < 4.78 is 21.2. The van der Waals surface area contributed by atoms with Crippen LogP contribution in [0.5, 0.6) is 0 Å². The first-order valence-corrected chi connectivity index (χ1v) is 16.9. The fourth-order valence-electron chi connectivity index (χ4n) is 4.29. The maximum atomic E-state index is 13.0. The van der Waals surface area contributed by atoms with E-state index < -0.39 is 41.6 Å². The second kappa shape index (κ2) is 27.5. The predicted molar refractivity (Wildman–Crippen MR) is 190 cm³/mol. The lowest BCUT2D eigenvalue weighted by Crippen LogP contribution is -2.52. The van der Waals surface area contributed by atoms with Crippen LogP contribution in [-0.4, -0.2) is 156 Å². The predicted octanol–water partition coefficient (Wildman–Crippen LogP) is -5.12. The van der Waals surface area contributed by atoms with Gasteiger partial charge in [-0.3, -0.25) is 48.4 Å². The molecule has 12 N–H and O–H groups in total. The summed E-state index contributed by atoms with van der Waals surface area (Å²) in [7, 11) is 0. The van der Waals surface area contributed by atoms with E-state index in [9.17, 15) is 33.6 Å². The molecule has 0 radical (unpaired) electrons. The van der Waals surface area contributed by atoms with Gasteiger partial charge < -0.3 is 63.1 Å². The van der Waals surface area contributed by atoms with E-state index in [1.54, 1.807) is 0 Å². The van der Waals surface area contributed by atoms with Crippen molar-refractivity contribution in [2.45, 2.75) is 44.7 Å². The van der Waals surface area contributed by atoms with Crippen molar-refractivity contribution in [1.82, 2.24) is 26.2 Å². The molecule has 1 aliphatic rings. The zero-order chi connectivity index (χ0) is 39.4. The second-order valence-electron chi connectivity index (χ2n) is 11.3. The van der Waals surface area contributed by atoms with Gasteiger partial charge in [0.15, 0.2) is 17.7 Å². The molecule has 22 heteroatoms. The Labute approximate surface area is 307 Å². The number of ether oxygens (including phenoxy) is 4. The molecule has 22 nitrogen and oxygen atoms in total. The number of rotatable bonds is 30. The van der Waals surface area contributed by atoms with Crippen molar-refractivity contribution in [2.24, 2.45) is 32.9 Å². The minimum absolute atomic E-state index is 0.0625. The number of hydrogen-bond donors (Lipinski definition) is 8. The molecule has 53 heavy (non-hydrogen) atoms. The van der Waals surface area contributed by atoms with Crippen molar-refractivity contribution in [3.8, 4) is 0 Å². The Bertz CT molecular complexity index is 1280. The monoisotopic (exact) mass is 755 g/mol. The van der Waals surface area contributed by atoms with Crippen molar-refractivity contribution >= 4 is 53.1 Å². The molecule has 2 atom stereocenters. The summed E-state index contributed by atoms with van der Waals surface area (Å²) in [5.74, 6) is -3.51. The van der Waals surface area contributed by atoms with Crippen LogP contribution in [0.15, 0.2) is 22.1 Å². The number of amides is 6. The molecule has 0 saturated carbocycles. The number of nitrogens with one attached hydrogen (secondary N) is 4. The van der Waals surface area contributed by atoms with Gasteiger partial charge in [-0.25, -0.2) is 0 Å². The molecule has 0 aliphatic carbocycles. The number of nitrogens with two attached hydrogens (primary N) is 4. The molecular weight excluding hydrogens is 702 g/mol. The van der Waals surface area contributed by atoms with E-state index in [1.807, 2.05) is 0 Å². The van der Waals surface area contributed by atoms with Gasteiger partial charge in [-0.2, -0.15) is 0 Å². The van der Waals surface area contributed by atoms with E-state index in [4.69, 9.17) is 41.9 Å². The highest BCUT2D eigenvalue weighted by Gasteiger charge is 2.26. The Morgan fingerprint density at radius 1 is 0.660 bits per heavy atom. The number of carbonyl (C=O) groups is 7. The molecule has 1 heterocycles. The first kappa shape index (κ1) is 45.8. The minimum atomic E-state index is -0.983. The third kappa shape index (κ3) is 23.1. The Morgan fingerprint density at radius 3 is 1.64 bits per heavy atom. The third-order valence-corrected chi connectivity index (χ3v) is 6.90. The quantitative estimate of drug-likeness (QED) is 0.0147. The Balaban J connectivity index is 2.19. The topological polar surface area (TPSA) is 337 Å². The number of hydrogen-bond acceptors (Lipinski definition) is 13. The maximum absolute atomic E-state index is 13.0. The molecule has 0 saturated heterocycles. The van der Waals surface area contributed by atoms with Crippen LogP contribution >= 0.6 is 0 Å². The van der Waals surface area contributed by atoms with Crippen LogP contribution in [0.3, 0.4) is 0 Å². The summed E-state index contributed by atoms with van der Waals surface area (Å²) in [6.45, 7) is 2.14. The first-order chi connectivity index (χ1) is 25.3. The number of nitrogens with zero attached hydrogens (tertiary/aromatic N) is 3. The van der Waals surface area contributed by atoms with Crippen molar-refractivity contribution in [3.63, 3.8) is 0 Å². The Hall–Kier alpha value is -5.19. The van der Waals surface area contributed by atoms with Gasteiger partial charge in [-0.05, 0) is 32.6 Å². The summed E-state index contributed by atoms with van der Waals surface area (Å²) in [5.41, 5.74) is 21.3. The van der Waals surface area contributed by atoms with E-state index in [0.29, 0.717) is 19.3 Å². The van der Waals surface area contributed by atoms with Gasteiger partial charge >= 0.3 is 0 Å². The van der Waals surface area contributed by atoms with Gasteiger partial charge in [0.1, 0.15) is 25.8 Å². The van der Waals surface area contributed by atoms with Crippen molar-refractivity contribution in [1.29, 1.82) is 0 Å². The molecule has 0 unspecified atom stereocenters. The molecule has 0 bridgehead atoms. The Kier molecular flexibility index (Phi) is 23.7. The normalized spacial score (nSPS) is 13.2. The highest BCUT2D eigenvalue weighted by Crippen LogP contribution is 2.05. The SMILES string of the molecule is CC(=O)[C@H](CCCN=C(N)N)NC(=O)[C@H](CCCN=C(N)N)NC(=O)COCCOCCNC(=O)COCCOCCNC(=O)CN1C(=O)C=CC1=O. The third-order valence-electron chi connectivity index (χ3n) is 6.90. The molecule has 0 fully saturated rings.